The zero-order chi connectivity index (χ0) is 15.1. The summed E-state index contributed by atoms with van der Waals surface area (Å²) < 4.78 is 33.7. The molecule has 5 nitrogen and oxygen atoms in total. The number of nitrogens with one attached hydrogen (secondary N) is 1. The molecule has 0 aliphatic heterocycles. The second-order valence-corrected chi connectivity index (χ2v) is 4.18. The maximum absolute atomic E-state index is 12.2. The number of ether oxygens (including phenoxy) is 2. The van der Waals surface area contributed by atoms with Gasteiger partial charge >= 0.3 is 6.61 Å². The van der Waals surface area contributed by atoms with Crippen LogP contribution in [0.25, 0.3) is 0 Å². The number of hydrogen-bond donors (Lipinski definition) is 2. The first-order chi connectivity index (χ1) is 9.42. The summed E-state index contributed by atoms with van der Waals surface area (Å²) in [6, 6.07) is 4.19. The number of aliphatic hydroxyl groups is 1. The number of carbonyl (C=O) groups excluding carboxylic acids is 1. The lowest BCUT2D eigenvalue weighted by Gasteiger charge is -2.12. The lowest BCUT2D eigenvalue weighted by Crippen LogP contribution is -2.14. The van der Waals surface area contributed by atoms with Gasteiger partial charge in [-0.25, -0.2) is 0 Å². The van der Waals surface area contributed by atoms with Gasteiger partial charge in [-0.3, -0.25) is 4.79 Å². The number of methoxy groups -OCH3 is 1. The van der Waals surface area contributed by atoms with Crippen LogP contribution in [0.15, 0.2) is 18.2 Å². The predicted octanol–water partition coefficient (Wildman–Crippen LogP) is 2.40. The van der Waals surface area contributed by atoms with Crippen molar-refractivity contribution < 1.29 is 28.2 Å². The van der Waals surface area contributed by atoms with Crippen molar-refractivity contribution in [3.63, 3.8) is 0 Å². The van der Waals surface area contributed by atoms with E-state index in [4.69, 9.17) is 9.84 Å². The van der Waals surface area contributed by atoms with Gasteiger partial charge in [-0.1, -0.05) is 0 Å². The van der Waals surface area contributed by atoms with Crippen molar-refractivity contribution in [2.24, 2.45) is 0 Å². The van der Waals surface area contributed by atoms with Gasteiger partial charge in [0.1, 0.15) is 0 Å². The zero-order valence-electron chi connectivity index (χ0n) is 11.2. The molecule has 0 aliphatic carbocycles. The van der Waals surface area contributed by atoms with Crippen molar-refractivity contribution in [1.29, 1.82) is 0 Å². The van der Waals surface area contributed by atoms with E-state index in [1.54, 1.807) is 6.92 Å². The number of halogens is 2. The molecule has 0 saturated carbocycles. The van der Waals surface area contributed by atoms with Crippen LogP contribution in [0.5, 0.6) is 11.5 Å². The van der Waals surface area contributed by atoms with Gasteiger partial charge < -0.3 is 19.9 Å². The third kappa shape index (κ3) is 5.40. The number of rotatable bonds is 7. The Hall–Kier alpha value is -1.89. The fraction of sp³-hybridized carbons (Fsp3) is 0.462. The van der Waals surface area contributed by atoms with Gasteiger partial charge in [-0.05, 0) is 25.5 Å². The SMILES string of the molecule is COc1ccc(NC(=O)CCC(C)O)cc1OC(F)F. The first kappa shape index (κ1) is 16.2. The minimum atomic E-state index is -2.98. The molecular formula is C13H17F2NO4. The van der Waals surface area contributed by atoms with Crippen molar-refractivity contribution in [3.05, 3.63) is 18.2 Å². The normalized spacial score (nSPS) is 12.1. The number of anilines is 1. The van der Waals surface area contributed by atoms with Crippen LogP contribution in [-0.4, -0.2) is 30.8 Å². The molecule has 0 fully saturated rings. The predicted molar refractivity (Wildman–Crippen MR) is 69.2 cm³/mol. The average molecular weight is 289 g/mol. The molecule has 0 aromatic heterocycles. The highest BCUT2D eigenvalue weighted by atomic mass is 19.3. The van der Waals surface area contributed by atoms with E-state index in [-0.39, 0.29) is 23.8 Å². The van der Waals surface area contributed by atoms with Gasteiger partial charge in [0.05, 0.1) is 13.2 Å². The highest BCUT2D eigenvalue weighted by Gasteiger charge is 2.12. The molecule has 1 atom stereocenters. The Morgan fingerprint density at radius 2 is 2.10 bits per heavy atom. The lowest BCUT2D eigenvalue weighted by atomic mass is 10.2. The third-order valence-electron chi connectivity index (χ3n) is 2.45. The first-order valence-corrected chi connectivity index (χ1v) is 6.03. The molecule has 20 heavy (non-hydrogen) atoms. The lowest BCUT2D eigenvalue weighted by molar-refractivity contribution is -0.116. The smallest absolute Gasteiger partial charge is 0.387 e. The van der Waals surface area contributed by atoms with Crippen molar-refractivity contribution >= 4 is 11.6 Å². The highest BCUT2D eigenvalue weighted by Crippen LogP contribution is 2.31. The molecule has 0 saturated heterocycles. The van der Waals surface area contributed by atoms with E-state index in [1.807, 2.05) is 0 Å². The summed E-state index contributed by atoms with van der Waals surface area (Å²) in [4.78, 5) is 11.6. The van der Waals surface area contributed by atoms with Crippen LogP contribution in [0.4, 0.5) is 14.5 Å². The molecule has 1 amide bonds. The number of hydrogen-bond acceptors (Lipinski definition) is 4. The molecule has 0 bridgehead atoms. The minimum Gasteiger partial charge on any atom is -0.493 e. The minimum absolute atomic E-state index is 0.134. The standard InChI is InChI=1S/C13H17F2NO4/c1-8(17)3-6-12(18)16-9-4-5-10(19-2)11(7-9)20-13(14)15/h4-5,7-8,13,17H,3,6H2,1-2H3,(H,16,18). The van der Waals surface area contributed by atoms with Gasteiger partial charge in [-0.15, -0.1) is 0 Å². The molecule has 112 valence electrons. The van der Waals surface area contributed by atoms with Crippen LogP contribution in [0.2, 0.25) is 0 Å². The van der Waals surface area contributed by atoms with Gasteiger partial charge in [0.25, 0.3) is 0 Å². The monoisotopic (exact) mass is 289 g/mol. The fourth-order valence-electron chi connectivity index (χ4n) is 1.51. The van der Waals surface area contributed by atoms with Crippen LogP contribution in [0.1, 0.15) is 19.8 Å². The van der Waals surface area contributed by atoms with E-state index < -0.39 is 12.7 Å². The topological polar surface area (TPSA) is 67.8 Å². The highest BCUT2D eigenvalue weighted by molar-refractivity contribution is 5.91. The van der Waals surface area contributed by atoms with Gasteiger partial charge in [0.15, 0.2) is 11.5 Å². The summed E-state index contributed by atoms with van der Waals surface area (Å²) in [5.74, 6) is -0.331. The van der Waals surface area contributed by atoms with Gasteiger partial charge in [-0.2, -0.15) is 8.78 Å². The fourth-order valence-corrected chi connectivity index (χ4v) is 1.51. The Labute approximate surface area is 115 Å². The third-order valence-corrected chi connectivity index (χ3v) is 2.45. The number of aliphatic hydroxyl groups excluding tert-OH is 1. The Kier molecular flexibility index (Phi) is 6.17. The number of alkyl halides is 2. The Morgan fingerprint density at radius 3 is 2.65 bits per heavy atom. The van der Waals surface area contributed by atoms with Crippen LogP contribution in [0.3, 0.4) is 0 Å². The van der Waals surface area contributed by atoms with Crippen LogP contribution in [0, 0.1) is 0 Å². The molecule has 0 spiro atoms. The molecule has 0 radical (unpaired) electrons. The summed E-state index contributed by atoms with van der Waals surface area (Å²) in [7, 11) is 1.33. The summed E-state index contributed by atoms with van der Waals surface area (Å²) in [6.45, 7) is -1.40. The maximum Gasteiger partial charge on any atom is 0.387 e. The Morgan fingerprint density at radius 1 is 1.40 bits per heavy atom. The first-order valence-electron chi connectivity index (χ1n) is 6.03. The van der Waals surface area contributed by atoms with E-state index >= 15 is 0 Å². The van der Waals surface area contributed by atoms with Crippen LogP contribution < -0.4 is 14.8 Å². The average Bonchev–Trinajstić information content (AvgIpc) is 2.36. The number of benzene rings is 1. The van der Waals surface area contributed by atoms with E-state index in [9.17, 15) is 13.6 Å². The maximum atomic E-state index is 12.2. The van der Waals surface area contributed by atoms with Crippen molar-refractivity contribution in [1.82, 2.24) is 0 Å². The molecule has 1 unspecified atom stereocenters. The van der Waals surface area contributed by atoms with E-state index in [1.165, 1.54) is 25.3 Å². The van der Waals surface area contributed by atoms with Crippen molar-refractivity contribution in [3.8, 4) is 11.5 Å². The van der Waals surface area contributed by atoms with E-state index in [0.29, 0.717) is 12.1 Å². The number of carbonyl (C=O) groups is 1. The molecular weight excluding hydrogens is 272 g/mol. The van der Waals surface area contributed by atoms with Gasteiger partial charge in [0, 0.05) is 18.2 Å². The molecule has 0 aliphatic rings. The number of amides is 1. The summed E-state index contributed by atoms with van der Waals surface area (Å²) in [5, 5.41) is 11.6. The largest absolute Gasteiger partial charge is 0.493 e. The molecule has 1 rings (SSSR count). The molecule has 0 heterocycles. The van der Waals surface area contributed by atoms with E-state index in [2.05, 4.69) is 10.1 Å². The van der Waals surface area contributed by atoms with E-state index in [0.717, 1.165) is 0 Å². The molecule has 7 heteroatoms. The summed E-state index contributed by atoms with van der Waals surface area (Å²) in [5.41, 5.74) is 0.317. The Balaban J connectivity index is 2.73. The van der Waals surface area contributed by atoms with Crippen molar-refractivity contribution in [2.45, 2.75) is 32.5 Å². The second kappa shape index (κ2) is 7.64. The molecule has 1 aromatic carbocycles. The van der Waals surface area contributed by atoms with Crippen LogP contribution in [-0.2, 0) is 4.79 Å². The summed E-state index contributed by atoms with van der Waals surface area (Å²) >= 11 is 0. The van der Waals surface area contributed by atoms with Crippen LogP contribution >= 0.6 is 0 Å². The molecule has 1 aromatic rings. The van der Waals surface area contributed by atoms with Crippen molar-refractivity contribution in [2.75, 3.05) is 12.4 Å². The molecule has 2 N–H and O–H groups in total. The Bertz CT molecular complexity index is 452. The summed E-state index contributed by atoms with van der Waals surface area (Å²) in [6.07, 6.45) is -0.119. The zero-order valence-corrected chi connectivity index (χ0v) is 11.2. The second-order valence-electron chi connectivity index (χ2n) is 4.18. The van der Waals surface area contributed by atoms with Gasteiger partial charge in [0.2, 0.25) is 5.91 Å². The quantitative estimate of drug-likeness (QED) is 0.808.